The zero-order chi connectivity index (χ0) is 17.9. The van der Waals surface area contributed by atoms with Crippen molar-refractivity contribution in [2.75, 3.05) is 13.7 Å². The molecular formula is C20H20N4O2. The number of likely N-dealkylation sites (tertiary alicyclic amines) is 1. The van der Waals surface area contributed by atoms with Crippen molar-refractivity contribution in [2.24, 2.45) is 0 Å². The molecule has 0 radical (unpaired) electrons. The third-order valence-corrected chi connectivity index (χ3v) is 4.75. The zero-order valence-electron chi connectivity index (χ0n) is 14.6. The van der Waals surface area contributed by atoms with Gasteiger partial charge in [0.15, 0.2) is 5.69 Å². The molecule has 0 N–H and O–H groups in total. The van der Waals surface area contributed by atoms with Gasteiger partial charge in [0.25, 0.3) is 5.91 Å². The second-order valence-electron chi connectivity index (χ2n) is 6.31. The number of para-hydroxylation sites is 1. The maximum absolute atomic E-state index is 13.0. The molecule has 6 nitrogen and oxygen atoms in total. The van der Waals surface area contributed by atoms with E-state index in [1.54, 1.807) is 18.0 Å². The molecule has 1 saturated heterocycles. The third kappa shape index (κ3) is 3.06. The first-order valence-electron chi connectivity index (χ1n) is 8.69. The van der Waals surface area contributed by atoms with Crippen LogP contribution in [0.4, 0.5) is 0 Å². The summed E-state index contributed by atoms with van der Waals surface area (Å²) in [5.74, 6) is 0.737. The molecule has 1 atom stereocenters. The molecule has 1 aliphatic rings. The SMILES string of the molecule is COc1ccc(C2CCCN2C(=O)c2cn(-c3ccccc3)nn2)cc1. The molecule has 0 bridgehead atoms. The molecule has 1 fully saturated rings. The second kappa shape index (κ2) is 7.00. The fourth-order valence-corrected chi connectivity index (χ4v) is 3.40. The summed E-state index contributed by atoms with van der Waals surface area (Å²) in [6.45, 7) is 0.730. The average Bonchev–Trinajstić information content (AvgIpc) is 3.38. The van der Waals surface area contributed by atoms with Gasteiger partial charge in [-0.15, -0.1) is 5.10 Å². The minimum Gasteiger partial charge on any atom is -0.497 e. The molecule has 1 unspecified atom stereocenters. The molecule has 4 rings (SSSR count). The number of hydrogen-bond donors (Lipinski definition) is 0. The number of carbonyl (C=O) groups excluding carboxylic acids is 1. The lowest BCUT2D eigenvalue weighted by atomic mass is 10.0. The maximum Gasteiger partial charge on any atom is 0.276 e. The highest BCUT2D eigenvalue weighted by Gasteiger charge is 2.32. The van der Waals surface area contributed by atoms with Crippen LogP contribution in [0.1, 0.15) is 34.9 Å². The molecule has 0 aliphatic carbocycles. The maximum atomic E-state index is 13.0. The summed E-state index contributed by atoms with van der Waals surface area (Å²) < 4.78 is 6.85. The smallest absolute Gasteiger partial charge is 0.276 e. The number of hydrogen-bond acceptors (Lipinski definition) is 4. The van der Waals surface area contributed by atoms with Crippen molar-refractivity contribution in [3.05, 3.63) is 72.1 Å². The van der Waals surface area contributed by atoms with Crippen molar-refractivity contribution in [1.82, 2.24) is 19.9 Å². The quantitative estimate of drug-likeness (QED) is 0.726. The van der Waals surface area contributed by atoms with Gasteiger partial charge < -0.3 is 9.64 Å². The first-order valence-corrected chi connectivity index (χ1v) is 8.69. The number of carbonyl (C=O) groups is 1. The zero-order valence-corrected chi connectivity index (χ0v) is 14.6. The number of aromatic nitrogens is 3. The van der Waals surface area contributed by atoms with Gasteiger partial charge in [-0.25, -0.2) is 4.68 Å². The van der Waals surface area contributed by atoms with Crippen LogP contribution in [0.2, 0.25) is 0 Å². The molecule has 6 heteroatoms. The van der Waals surface area contributed by atoms with E-state index in [1.807, 2.05) is 59.5 Å². The van der Waals surface area contributed by atoms with E-state index in [0.29, 0.717) is 5.69 Å². The standard InChI is InChI=1S/C20H20N4O2/c1-26-17-11-9-15(10-12-17)19-8-5-13-23(19)20(25)18-14-24(22-21-18)16-6-3-2-4-7-16/h2-4,6-7,9-12,14,19H,5,8,13H2,1H3. The van der Waals surface area contributed by atoms with Crippen molar-refractivity contribution < 1.29 is 9.53 Å². The highest BCUT2D eigenvalue weighted by Crippen LogP contribution is 2.33. The Balaban J connectivity index is 1.56. The second-order valence-corrected chi connectivity index (χ2v) is 6.31. The number of rotatable bonds is 4. The predicted molar refractivity (Wildman–Crippen MR) is 97.4 cm³/mol. The number of ether oxygens (including phenoxy) is 1. The molecule has 3 aromatic rings. The Bertz CT molecular complexity index is 890. The van der Waals surface area contributed by atoms with E-state index in [1.165, 1.54) is 0 Å². The Morgan fingerprint density at radius 1 is 1.12 bits per heavy atom. The first-order chi connectivity index (χ1) is 12.8. The van der Waals surface area contributed by atoms with E-state index in [2.05, 4.69) is 10.3 Å². The normalized spacial score (nSPS) is 16.7. The summed E-state index contributed by atoms with van der Waals surface area (Å²) in [4.78, 5) is 14.9. The monoisotopic (exact) mass is 348 g/mol. The summed E-state index contributed by atoms with van der Waals surface area (Å²) in [5.41, 5.74) is 2.37. The van der Waals surface area contributed by atoms with E-state index in [9.17, 15) is 4.79 Å². The first kappa shape index (κ1) is 16.3. The Morgan fingerprint density at radius 2 is 1.88 bits per heavy atom. The highest BCUT2D eigenvalue weighted by molar-refractivity contribution is 5.92. The van der Waals surface area contributed by atoms with Gasteiger partial charge in [-0.3, -0.25) is 4.79 Å². The van der Waals surface area contributed by atoms with E-state index in [0.717, 1.165) is 36.4 Å². The van der Waals surface area contributed by atoms with Gasteiger partial charge >= 0.3 is 0 Å². The number of methoxy groups -OCH3 is 1. The lowest BCUT2D eigenvalue weighted by Crippen LogP contribution is -2.30. The Labute approximate surface area is 152 Å². The van der Waals surface area contributed by atoms with Crippen molar-refractivity contribution >= 4 is 5.91 Å². The summed E-state index contributed by atoms with van der Waals surface area (Å²) in [5, 5.41) is 8.20. The number of nitrogens with zero attached hydrogens (tertiary/aromatic N) is 4. The van der Waals surface area contributed by atoms with Crippen LogP contribution in [0.5, 0.6) is 5.75 Å². The van der Waals surface area contributed by atoms with Gasteiger partial charge in [0.1, 0.15) is 5.75 Å². The molecule has 132 valence electrons. The van der Waals surface area contributed by atoms with Crippen molar-refractivity contribution in [2.45, 2.75) is 18.9 Å². The lowest BCUT2D eigenvalue weighted by Gasteiger charge is -2.24. The van der Waals surface area contributed by atoms with Crippen molar-refractivity contribution in [3.63, 3.8) is 0 Å². The van der Waals surface area contributed by atoms with E-state index < -0.39 is 0 Å². The van der Waals surface area contributed by atoms with Crippen molar-refractivity contribution in [3.8, 4) is 11.4 Å². The largest absolute Gasteiger partial charge is 0.497 e. The Morgan fingerprint density at radius 3 is 2.62 bits per heavy atom. The van der Waals surface area contributed by atoms with Crippen LogP contribution in [-0.4, -0.2) is 39.5 Å². The van der Waals surface area contributed by atoms with Gasteiger partial charge in [0, 0.05) is 6.54 Å². The molecule has 0 saturated carbocycles. The van der Waals surface area contributed by atoms with Crippen molar-refractivity contribution in [1.29, 1.82) is 0 Å². The summed E-state index contributed by atoms with van der Waals surface area (Å²) >= 11 is 0. The topological polar surface area (TPSA) is 60.2 Å². The van der Waals surface area contributed by atoms with Gasteiger partial charge in [0.2, 0.25) is 0 Å². The summed E-state index contributed by atoms with van der Waals surface area (Å²) in [7, 11) is 1.65. The molecule has 1 aliphatic heterocycles. The average molecular weight is 348 g/mol. The van der Waals surface area contributed by atoms with E-state index >= 15 is 0 Å². The van der Waals surface area contributed by atoms with Crippen LogP contribution >= 0.6 is 0 Å². The predicted octanol–water partition coefficient (Wildman–Crippen LogP) is 3.25. The summed E-state index contributed by atoms with van der Waals surface area (Å²) in [6, 6.07) is 17.6. The van der Waals surface area contributed by atoms with Crippen LogP contribution in [0, 0.1) is 0 Å². The van der Waals surface area contributed by atoms with Crippen LogP contribution < -0.4 is 4.74 Å². The molecular weight excluding hydrogens is 328 g/mol. The summed E-state index contributed by atoms with van der Waals surface area (Å²) in [6.07, 6.45) is 3.63. The Kier molecular flexibility index (Phi) is 4.39. The molecule has 26 heavy (non-hydrogen) atoms. The fourth-order valence-electron chi connectivity index (χ4n) is 3.40. The van der Waals surface area contributed by atoms with Gasteiger partial charge in [0.05, 0.1) is 25.0 Å². The molecule has 2 aromatic carbocycles. The van der Waals surface area contributed by atoms with E-state index in [-0.39, 0.29) is 11.9 Å². The lowest BCUT2D eigenvalue weighted by molar-refractivity contribution is 0.0729. The molecule has 0 spiro atoms. The third-order valence-electron chi connectivity index (χ3n) is 4.75. The highest BCUT2D eigenvalue weighted by atomic mass is 16.5. The molecule has 2 heterocycles. The Hall–Kier alpha value is -3.15. The van der Waals surface area contributed by atoms with Gasteiger partial charge in [-0.05, 0) is 42.7 Å². The molecule has 1 amide bonds. The van der Waals surface area contributed by atoms with Crippen LogP contribution in [-0.2, 0) is 0 Å². The molecule has 1 aromatic heterocycles. The van der Waals surface area contributed by atoms with Gasteiger partial charge in [-0.1, -0.05) is 35.5 Å². The van der Waals surface area contributed by atoms with E-state index in [4.69, 9.17) is 4.74 Å². The van der Waals surface area contributed by atoms with Crippen LogP contribution in [0.25, 0.3) is 5.69 Å². The minimum atomic E-state index is -0.0782. The number of amides is 1. The fraction of sp³-hybridized carbons (Fsp3) is 0.250. The minimum absolute atomic E-state index is 0.0651. The number of benzene rings is 2. The van der Waals surface area contributed by atoms with Crippen LogP contribution in [0.15, 0.2) is 60.8 Å². The van der Waals surface area contributed by atoms with Crippen LogP contribution in [0.3, 0.4) is 0 Å². The van der Waals surface area contributed by atoms with Gasteiger partial charge in [-0.2, -0.15) is 0 Å².